The topological polar surface area (TPSA) is 55.6 Å². The van der Waals surface area contributed by atoms with E-state index in [4.69, 9.17) is 10.5 Å². The molecule has 0 atom stereocenters. The second-order valence-electron chi connectivity index (χ2n) is 5.36. The van der Waals surface area contributed by atoms with E-state index in [2.05, 4.69) is 0 Å². The van der Waals surface area contributed by atoms with Gasteiger partial charge in [-0.2, -0.15) is 0 Å². The van der Waals surface area contributed by atoms with Crippen molar-refractivity contribution in [2.24, 2.45) is 0 Å². The first-order valence-corrected chi connectivity index (χ1v) is 6.92. The number of nitrogens with zero attached hydrogens (tertiary/aromatic N) is 1. The molecule has 2 N–H and O–H groups in total. The van der Waals surface area contributed by atoms with Crippen LogP contribution in [0, 0.1) is 5.82 Å². The summed E-state index contributed by atoms with van der Waals surface area (Å²) in [7, 11) is 1.83. The van der Waals surface area contributed by atoms with Crippen molar-refractivity contribution in [3.05, 3.63) is 24.0 Å². The summed E-state index contributed by atoms with van der Waals surface area (Å²) in [5.41, 5.74) is 6.23. The van der Waals surface area contributed by atoms with Gasteiger partial charge in [-0.1, -0.05) is 0 Å². The zero-order valence-corrected chi connectivity index (χ0v) is 11.9. The van der Waals surface area contributed by atoms with Crippen molar-refractivity contribution in [1.82, 2.24) is 4.90 Å². The largest absolute Gasteiger partial charge is 0.488 e. The summed E-state index contributed by atoms with van der Waals surface area (Å²) in [6.45, 7) is 1.58. The summed E-state index contributed by atoms with van der Waals surface area (Å²) in [4.78, 5) is 13.1. The number of nitrogens with two attached hydrogens (primary N) is 1. The molecule has 0 unspecified atom stereocenters. The fraction of sp³-hybridized carbons (Fsp3) is 0.533. The molecule has 1 aliphatic carbocycles. The molecule has 1 amide bonds. The van der Waals surface area contributed by atoms with E-state index in [1.54, 1.807) is 11.8 Å². The van der Waals surface area contributed by atoms with Crippen LogP contribution in [-0.2, 0) is 4.79 Å². The van der Waals surface area contributed by atoms with E-state index in [0.717, 1.165) is 25.7 Å². The van der Waals surface area contributed by atoms with E-state index in [-0.39, 0.29) is 23.9 Å². The van der Waals surface area contributed by atoms with Crippen molar-refractivity contribution in [3.8, 4) is 5.75 Å². The lowest BCUT2D eigenvalue weighted by atomic mass is 9.92. The van der Waals surface area contributed by atoms with Gasteiger partial charge in [-0.05, 0) is 37.8 Å². The van der Waals surface area contributed by atoms with E-state index < -0.39 is 0 Å². The summed E-state index contributed by atoms with van der Waals surface area (Å²) >= 11 is 0. The summed E-state index contributed by atoms with van der Waals surface area (Å²) in [5, 5.41) is 0. The number of hydrogen-bond donors (Lipinski definition) is 1. The summed E-state index contributed by atoms with van der Waals surface area (Å²) in [5.74, 6) is 0.149. The molecule has 0 aliphatic heterocycles. The molecule has 2 rings (SSSR count). The first-order chi connectivity index (χ1) is 9.47. The Morgan fingerprint density at radius 1 is 1.35 bits per heavy atom. The Kier molecular flexibility index (Phi) is 4.47. The van der Waals surface area contributed by atoms with Crippen molar-refractivity contribution >= 4 is 11.6 Å². The van der Waals surface area contributed by atoms with Gasteiger partial charge in [-0.3, -0.25) is 4.79 Å². The molecule has 0 radical (unpaired) electrons. The number of benzene rings is 1. The van der Waals surface area contributed by atoms with Crippen LogP contribution in [0.5, 0.6) is 5.75 Å². The van der Waals surface area contributed by atoms with Gasteiger partial charge in [0.15, 0.2) is 0 Å². The molecule has 0 saturated heterocycles. The molecule has 0 spiro atoms. The highest BCUT2D eigenvalue weighted by Gasteiger charge is 2.26. The Hall–Kier alpha value is -1.78. The van der Waals surface area contributed by atoms with Crippen molar-refractivity contribution in [1.29, 1.82) is 0 Å². The van der Waals surface area contributed by atoms with Gasteiger partial charge < -0.3 is 15.4 Å². The predicted molar refractivity (Wildman–Crippen MR) is 75.9 cm³/mol. The van der Waals surface area contributed by atoms with E-state index in [1.165, 1.54) is 18.2 Å². The van der Waals surface area contributed by atoms with Crippen molar-refractivity contribution in [2.45, 2.75) is 44.8 Å². The van der Waals surface area contributed by atoms with Crippen LogP contribution in [0.25, 0.3) is 0 Å². The number of halogens is 1. The lowest BCUT2D eigenvalue weighted by Crippen LogP contribution is -2.40. The van der Waals surface area contributed by atoms with Gasteiger partial charge in [0.2, 0.25) is 5.91 Å². The smallest absolute Gasteiger partial charge is 0.219 e. The molecule has 110 valence electrons. The first-order valence-electron chi connectivity index (χ1n) is 6.92. The molecule has 4 nitrogen and oxygen atoms in total. The van der Waals surface area contributed by atoms with Crippen LogP contribution in [0.1, 0.15) is 32.6 Å². The second-order valence-corrected chi connectivity index (χ2v) is 5.36. The Morgan fingerprint density at radius 2 is 2.00 bits per heavy atom. The minimum Gasteiger partial charge on any atom is -0.488 e. The maximum atomic E-state index is 13.2. The van der Waals surface area contributed by atoms with E-state index in [1.807, 2.05) is 7.05 Å². The molecule has 0 bridgehead atoms. The quantitative estimate of drug-likeness (QED) is 0.866. The lowest BCUT2D eigenvalue weighted by molar-refractivity contribution is -0.130. The van der Waals surface area contributed by atoms with Gasteiger partial charge in [0.25, 0.3) is 0 Å². The molecule has 20 heavy (non-hydrogen) atoms. The monoisotopic (exact) mass is 280 g/mol. The van der Waals surface area contributed by atoms with Crippen LogP contribution in [-0.4, -0.2) is 30.0 Å². The Balaban J connectivity index is 1.91. The second kappa shape index (κ2) is 6.11. The van der Waals surface area contributed by atoms with Crippen LogP contribution in [0.15, 0.2) is 18.2 Å². The number of nitrogen functional groups attached to an aromatic ring is 1. The minimum atomic E-state index is -0.348. The lowest BCUT2D eigenvalue weighted by Gasteiger charge is -2.34. The van der Waals surface area contributed by atoms with Crippen LogP contribution >= 0.6 is 0 Å². The Morgan fingerprint density at radius 3 is 2.60 bits per heavy atom. The maximum Gasteiger partial charge on any atom is 0.219 e. The van der Waals surface area contributed by atoms with E-state index in [0.29, 0.717) is 11.4 Å². The number of carbonyl (C=O) groups excluding carboxylic acids is 1. The number of hydrogen-bond acceptors (Lipinski definition) is 3. The molecular weight excluding hydrogens is 259 g/mol. The number of amides is 1. The van der Waals surface area contributed by atoms with Gasteiger partial charge in [0, 0.05) is 26.1 Å². The summed E-state index contributed by atoms with van der Waals surface area (Å²) < 4.78 is 19.0. The van der Waals surface area contributed by atoms with Gasteiger partial charge in [-0.15, -0.1) is 0 Å². The van der Waals surface area contributed by atoms with Gasteiger partial charge >= 0.3 is 0 Å². The SMILES string of the molecule is CC(=O)N(C)C1CCC(Oc2cc(F)ccc2N)CC1. The van der Waals surface area contributed by atoms with Crippen LogP contribution in [0.2, 0.25) is 0 Å². The number of ether oxygens (including phenoxy) is 1. The highest BCUT2D eigenvalue weighted by atomic mass is 19.1. The molecular formula is C15H21FN2O2. The normalized spacial score (nSPS) is 22.4. The first kappa shape index (κ1) is 14.6. The third kappa shape index (κ3) is 3.40. The van der Waals surface area contributed by atoms with Gasteiger partial charge in [0.1, 0.15) is 11.6 Å². The average molecular weight is 280 g/mol. The standard InChI is InChI=1S/C15H21FN2O2/c1-10(19)18(2)12-4-6-13(7-5-12)20-15-9-11(16)3-8-14(15)17/h3,8-9,12-13H,4-7,17H2,1-2H3. The maximum absolute atomic E-state index is 13.2. The molecule has 1 fully saturated rings. The fourth-order valence-corrected chi connectivity index (χ4v) is 2.60. The Labute approximate surface area is 118 Å². The third-order valence-corrected chi connectivity index (χ3v) is 3.96. The zero-order valence-electron chi connectivity index (χ0n) is 11.9. The van der Waals surface area contributed by atoms with E-state index >= 15 is 0 Å². The highest BCUT2D eigenvalue weighted by molar-refractivity contribution is 5.73. The van der Waals surface area contributed by atoms with Crippen LogP contribution in [0.3, 0.4) is 0 Å². The molecule has 1 aromatic rings. The average Bonchev–Trinajstić information content (AvgIpc) is 2.43. The van der Waals surface area contributed by atoms with Gasteiger partial charge in [0.05, 0.1) is 11.8 Å². The molecule has 5 heteroatoms. The molecule has 0 aromatic heterocycles. The minimum absolute atomic E-state index is 0.0377. The highest BCUT2D eigenvalue weighted by Crippen LogP contribution is 2.29. The molecule has 1 saturated carbocycles. The number of carbonyl (C=O) groups is 1. The van der Waals surface area contributed by atoms with Crippen LogP contribution in [0.4, 0.5) is 10.1 Å². The molecule has 1 aromatic carbocycles. The van der Waals surface area contributed by atoms with E-state index in [9.17, 15) is 9.18 Å². The van der Waals surface area contributed by atoms with Crippen molar-refractivity contribution < 1.29 is 13.9 Å². The summed E-state index contributed by atoms with van der Waals surface area (Å²) in [6.07, 6.45) is 3.53. The number of anilines is 1. The Bertz CT molecular complexity index is 485. The predicted octanol–water partition coefficient (Wildman–Crippen LogP) is 2.58. The molecule has 1 aliphatic rings. The molecule has 0 heterocycles. The third-order valence-electron chi connectivity index (χ3n) is 3.96. The fourth-order valence-electron chi connectivity index (χ4n) is 2.60. The van der Waals surface area contributed by atoms with Crippen molar-refractivity contribution in [2.75, 3.05) is 12.8 Å². The zero-order chi connectivity index (χ0) is 14.7. The van der Waals surface area contributed by atoms with Gasteiger partial charge in [-0.25, -0.2) is 4.39 Å². The van der Waals surface area contributed by atoms with Crippen molar-refractivity contribution in [3.63, 3.8) is 0 Å². The van der Waals surface area contributed by atoms with Crippen LogP contribution < -0.4 is 10.5 Å². The summed E-state index contributed by atoms with van der Waals surface area (Å²) in [6, 6.07) is 4.43. The number of rotatable bonds is 3.